The Morgan fingerprint density at radius 3 is 2.85 bits per heavy atom. The zero-order valence-electron chi connectivity index (χ0n) is 15.0. The van der Waals surface area contributed by atoms with Crippen LogP contribution in [0.25, 0.3) is 10.9 Å². The van der Waals surface area contributed by atoms with Gasteiger partial charge in [-0.25, -0.2) is 9.78 Å². The van der Waals surface area contributed by atoms with E-state index in [0.29, 0.717) is 28.1 Å². The summed E-state index contributed by atoms with van der Waals surface area (Å²) >= 11 is 5.86. The maximum atomic E-state index is 12.2. The SMILES string of the molecule is CC1CCCC(NC(=O)COC(=O)c2ccc3nc(Cl)ccc3c2)C1C. The molecular weight excluding hydrogens is 352 g/mol. The molecule has 1 fully saturated rings. The Balaban J connectivity index is 1.56. The lowest BCUT2D eigenvalue weighted by molar-refractivity contribution is -0.125. The minimum absolute atomic E-state index is 0.154. The minimum Gasteiger partial charge on any atom is -0.452 e. The average Bonchev–Trinajstić information content (AvgIpc) is 2.63. The van der Waals surface area contributed by atoms with Gasteiger partial charge in [0.2, 0.25) is 0 Å². The Morgan fingerprint density at radius 2 is 2.04 bits per heavy atom. The van der Waals surface area contributed by atoms with E-state index in [1.807, 2.05) is 0 Å². The van der Waals surface area contributed by atoms with Crippen LogP contribution in [0.3, 0.4) is 0 Å². The Labute approximate surface area is 158 Å². The van der Waals surface area contributed by atoms with Crippen molar-refractivity contribution in [2.45, 2.75) is 39.2 Å². The van der Waals surface area contributed by atoms with Gasteiger partial charge in [0.15, 0.2) is 6.61 Å². The highest BCUT2D eigenvalue weighted by Gasteiger charge is 2.28. The van der Waals surface area contributed by atoms with Crippen molar-refractivity contribution in [3.05, 3.63) is 41.0 Å². The number of aromatic nitrogens is 1. The van der Waals surface area contributed by atoms with Gasteiger partial charge in [-0.2, -0.15) is 0 Å². The second kappa shape index (κ2) is 8.04. The standard InChI is InChI=1S/C20H23ClN2O3/c1-12-4-3-5-16(13(12)2)23-19(24)11-26-20(25)15-6-8-17-14(10-15)7-9-18(21)22-17/h6-10,12-13,16H,3-5,11H2,1-2H3,(H,23,24). The number of pyridine rings is 1. The molecule has 2 aromatic rings. The summed E-state index contributed by atoms with van der Waals surface area (Å²) in [5.41, 5.74) is 1.08. The number of esters is 1. The summed E-state index contributed by atoms with van der Waals surface area (Å²) in [6, 6.07) is 8.63. The molecule has 1 aliphatic carbocycles. The molecule has 26 heavy (non-hydrogen) atoms. The van der Waals surface area contributed by atoms with Gasteiger partial charge in [0, 0.05) is 11.4 Å². The molecule has 1 aromatic heterocycles. The molecule has 0 spiro atoms. The molecule has 1 N–H and O–H groups in total. The molecule has 0 aliphatic heterocycles. The van der Waals surface area contributed by atoms with Crippen molar-refractivity contribution < 1.29 is 14.3 Å². The third kappa shape index (κ3) is 4.33. The van der Waals surface area contributed by atoms with Gasteiger partial charge < -0.3 is 10.1 Å². The Hall–Kier alpha value is -2.14. The topological polar surface area (TPSA) is 68.3 Å². The van der Waals surface area contributed by atoms with Gasteiger partial charge >= 0.3 is 5.97 Å². The fourth-order valence-electron chi connectivity index (χ4n) is 3.48. The lowest BCUT2D eigenvalue weighted by Gasteiger charge is -2.34. The van der Waals surface area contributed by atoms with Gasteiger partial charge in [0.05, 0.1) is 11.1 Å². The van der Waals surface area contributed by atoms with E-state index in [-0.39, 0.29) is 18.6 Å². The first kappa shape index (κ1) is 18.6. The van der Waals surface area contributed by atoms with E-state index < -0.39 is 5.97 Å². The number of rotatable bonds is 4. The van der Waals surface area contributed by atoms with Crippen molar-refractivity contribution in [2.24, 2.45) is 11.8 Å². The molecule has 0 radical (unpaired) electrons. The van der Waals surface area contributed by atoms with Crippen molar-refractivity contribution in [3.63, 3.8) is 0 Å². The lowest BCUT2D eigenvalue weighted by Crippen LogP contribution is -2.45. The van der Waals surface area contributed by atoms with E-state index in [1.165, 1.54) is 6.42 Å². The van der Waals surface area contributed by atoms with E-state index >= 15 is 0 Å². The van der Waals surface area contributed by atoms with Crippen LogP contribution < -0.4 is 5.32 Å². The quantitative estimate of drug-likeness (QED) is 0.649. The van der Waals surface area contributed by atoms with Crippen LogP contribution in [-0.2, 0) is 9.53 Å². The summed E-state index contributed by atoms with van der Waals surface area (Å²) < 4.78 is 5.17. The fraction of sp³-hybridized carbons (Fsp3) is 0.450. The van der Waals surface area contributed by atoms with Crippen LogP contribution in [0.1, 0.15) is 43.5 Å². The summed E-state index contributed by atoms with van der Waals surface area (Å²) in [6.45, 7) is 4.11. The molecule has 1 aliphatic rings. The van der Waals surface area contributed by atoms with E-state index in [4.69, 9.17) is 16.3 Å². The Kier molecular flexibility index (Phi) is 5.77. The molecule has 0 saturated heterocycles. The van der Waals surface area contributed by atoms with Crippen LogP contribution in [0.15, 0.2) is 30.3 Å². The van der Waals surface area contributed by atoms with E-state index in [2.05, 4.69) is 24.1 Å². The van der Waals surface area contributed by atoms with Crippen molar-refractivity contribution in [1.29, 1.82) is 0 Å². The number of carbonyl (C=O) groups excluding carboxylic acids is 2. The number of ether oxygens (including phenoxy) is 1. The maximum absolute atomic E-state index is 12.2. The molecular formula is C20H23ClN2O3. The monoisotopic (exact) mass is 374 g/mol. The summed E-state index contributed by atoms with van der Waals surface area (Å²) in [5, 5.41) is 4.19. The minimum atomic E-state index is -0.526. The van der Waals surface area contributed by atoms with Crippen molar-refractivity contribution in [3.8, 4) is 0 Å². The Bertz CT molecular complexity index is 824. The molecule has 1 aromatic carbocycles. The first-order valence-corrected chi connectivity index (χ1v) is 9.34. The molecule has 5 nitrogen and oxygen atoms in total. The molecule has 3 unspecified atom stereocenters. The fourth-order valence-corrected chi connectivity index (χ4v) is 3.63. The van der Waals surface area contributed by atoms with Crippen LogP contribution in [0, 0.1) is 11.8 Å². The summed E-state index contributed by atoms with van der Waals surface area (Å²) in [4.78, 5) is 28.5. The van der Waals surface area contributed by atoms with Gasteiger partial charge in [-0.15, -0.1) is 0 Å². The highest BCUT2D eigenvalue weighted by Crippen LogP contribution is 2.29. The van der Waals surface area contributed by atoms with Crippen LogP contribution in [0.4, 0.5) is 0 Å². The van der Waals surface area contributed by atoms with E-state index in [9.17, 15) is 9.59 Å². The largest absolute Gasteiger partial charge is 0.452 e. The van der Waals surface area contributed by atoms with Crippen LogP contribution in [-0.4, -0.2) is 29.5 Å². The number of amides is 1. The van der Waals surface area contributed by atoms with Crippen molar-refractivity contribution >= 4 is 34.4 Å². The van der Waals surface area contributed by atoms with Crippen LogP contribution >= 0.6 is 11.6 Å². The number of hydrogen-bond donors (Lipinski definition) is 1. The second-order valence-electron chi connectivity index (χ2n) is 7.06. The van der Waals surface area contributed by atoms with Gasteiger partial charge in [-0.1, -0.05) is 38.3 Å². The third-order valence-corrected chi connectivity index (χ3v) is 5.49. The predicted octanol–water partition coefficient (Wildman–Crippen LogP) is 3.99. The number of fused-ring (bicyclic) bond motifs is 1. The van der Waals surface area contributed by atoms with Crippen molar-refractivity contribution in [1.82, 2.24) is 10.3 Å². The molecule has 1 amide bonds. The first-order valence-electron chi connectivity index (χ1n) is 8.97. The third-order valence-electron chi connectivity index (χ3n) is 5.28. The van der Waals surface area contributed by atoms with Gasteiger partial charge in [0.25, 0.3) is 5.91 Å². The number of nitrogens with one attached hydrogen (secondary N) is 1. The molecule has 138 valence electrons. The molecule has 1 saturated carbocycles. The smallest absolute Gasteiger partial charge is 0.338 e. The average molecular weight is 375 g/mol. The zero-order chi connectivity index (χ0) is 18.7. The number of nitrogens with zero attached hydrogens (tertiary/aromatic N) is 1. The van der Waals surface area contributed by atoms with E-state index in [0.717, 1.165) is 18.2 Å². The molecule has 6 heteroatoms. The summed E-state index contributed by atoms with van der Waals surface area (Å²) in [7, 11) is 0. The molecule has 1 heterocycles. The second-order valence-corrected chi connectivity index (χ2v) is 7.45. The molecule has 3 rings (SSSR count). The maximum Gasteiger partial charge on any atom is 0.338 e. The first-order chi connectivity index (χ1) is 12.4. The Morgan fingerprint density at radius 1 is 1.23 bits per heavy atom. The number of benzene rings is 1. The summed E-state index contributed by atoms with van der Waals surface area (Å²) in [6.07, 6.45) is 3.29. The lowest BCUT2D eigenvalue weighted by atomic mass is 9.78. The highest BCUT2D eigenvalue weighted by molar-refractivity contribution is 6.29. The van der Waals surface area contributed by atoms with Crippen LogP contribution in [0.5, 0.6) is 0 Å². The normalized spacial score (nSPS) is 22.8. The van der Waals surface area contributed by atoms with Gasteiger partial charge in [-0.05, 0) is 48.6 Å². The van der Waals surface area contributed by atoms with Crippen molar-refractivity contribution in [2.75, 3.05) is 6.61 Å². The van der Waals surface area contributed by atoms with Gasteiger partial charge in [0.1, 0.15) is 5.15 Å². The van der Waals surface area contributed by atoms with Gasteiger partial charge in [-0.3, -0.25) is 4.79 Å². The summed E-state index contributed by atoms with van der Waals surface area (Å²) in [5.74, 6) is 0.250. The predicted molar refractivity (Wildman–Crippen MR) is 101 cm³/mol. The molecule has 3 atom stereocenters. The molecule has 0 bridgehead atoms. The van der Waals surface area contributed by atoms with Crippen LogP contribution in [0.2, 0.25) is 5.15 Å². The zero-order valence-corrected chi connectivity index (χ0v) is 15.8. The van der Waals surface area contributed by atoms with E-state index in [1.54, 1.807) is 30.3 Å². The number of hydrogen-bond acceptors (Lipinski definition) is 4. The number of carbonyl (C=O) groups is 2. The number of halogens is 1. The highest BCUT2D eigenvalue weighted by atomic mass is 35.5.